The van der Waals surface area contributed by atoms with Crippen molar-refractivity contribution in [2.45, 2.75) is 0 Å². The fraction of sp³-hybridized carbons (Fsp3) is 0. The van der Waals surface area contributed by atoms with E-state index in [2.05, 4.69) is 0 Å². The second-order valence-corrected chi connectivity index (χ2v) is 1.22. The molecular formula is NaO4SU-. The molecule has 0 heterocycles. The van der Waals surface area contributed by atoms with Crippen molar-refractivity contribution in [1.82, 2.24) is 0 Å². The Morgan fingerprint density at radius 2 is 1.14 bits per heavy atom. The fourth-order valence-corrected chi connectivity index (χ4v) is 0. The standard InChI is InChI=1S/Na.H2O4S.U/c;1-5(2,3)4;/h;(H2,1,2,3,4);/q+1;;/p-2. The van der Waals surface area contributed by atoms with Crippen molar-refractivity contribution in [3.63, 3.8) is 0 Å². The van der Waals surface area contributed by atoms with E-state index in [4.69, 9.17) is 17.5 Å². The summed E-state index contributed by atoms with van der Waals surface area (Å²) >= 11 is 0. The molecule has 0 rings (SSSR count). The van der Waals surface area contributed by atoms with Crippen molar-refractivity contribution in [3.05, 3.63) is 0 Å². The molecule has 0 amide bonds. The first-order valence-corrected chi connectivity index (χ1v) is 2.00. The van der Waals surface area contributed by atoms with Crippen LogP contribution in [0, 0.1) is 31.1 Å². The van der Waals surface area contributed by atoms with Crippen molar-refractivity contribution in [2.75, 3.05) is 0 Å². The summed E-state index contributed by atoms with van der Waals surface area (Å²) in [5.41, 5.74) is 0. The SMILES string of the molecule is O=S(=O)([O-])[O-].[Na+].[U]. The van der Waals surface area contributed by atoms with E-state index in [0.29, 0.717) is 0 Å². The third-order valence-electron chi connectivity index (χ3n) is 0. The monoisotopic (exact) mass is 357 g/mol. The summed E-state index contributed by atoms with van der Waals surface area (Å²) in [4.78, 5) is 0. The van der Waals surface area contributed by atoms with Crippen molar-refractivity contribution >= 4 is 10.4 Å². The first-order chi connectivity index (χ1) is 2.00. The predicted molar refractivity (Wildman–Crippen MR) is 10.5 cm³/mol. The maximum Gasteiger partial charge on any atom is 1.00 e. The minimum Gasteiger partial charge on any atom is -0.759 e. The maximum absolute atomic E-state index is 8.52. The minimum atomic E-state index is -5.17. The van der Waals surface area contributed by atoms with Gasteiger partial charge in [-0.05, 0) is 0 Å². The summed E-state index contributed by atoms with van der Waals surface area (Å²) < 4.78 is 34.1. The van der Waals surface area contributed by atoms with Gasteiger partial charge in [-0.15, -0.1) is 0 Å². The fourth-order valence-electron chi connectivity index (χ4n) is 0. The zero-order chi connectivity index (χ0) is 4.50. The first kappa shape index (κ1) is 16.0. The van der Waals surface area contributed by atoms with Gasteiger partial charge in [0.1, 0.15) is 0 Å². The summed E-state index contributed by atoms with van der Waals surface area (Å²) in [6, 6.07) is 0. The zero-order valence-corrected chi connectivity index (χ0v) is 10.5. The average molecular weight is 357 g/mol. The summed E-state index contributed by atoms with van der Waals surface area (Å²) in [7, 11) is -5.17. The van der Waals surface area contributed by atoms with Gasteiger partial charge in [-0.1, -0.05) is 0 Å². The van der Waals surface area contributed by atoms with Crippen molar-refractivity contribution in [2.24, 2.45) is 0 Å². The van der Waals surface area contributed by atoms with Crippen LogP contribution < -0.4 is 29.6 Å². The van der Waals surface area contributed by atoms with Crippen LogP contribution in [-0.2, 0) is 10.4 Å². The van der Waals surface area contributed by atoms with Crippen LogP contribution in [0.1, 0.15) is 0 Å². The van der Waals surface area contributed by atoms with Gasteiger partial charge in [-0.25, -0.2) is 0 Å². The summed E-state index contributed by atoms with van der Waals surface area (Å²) in [6.45, 7) is 0. The topological polar surface area (TPSA) is 80.3 Å². The van der Waals surface area contributed by atoms with Gasteiger partial charge in [-0.3, -0.25) is 8.42 Å². The van der Waals surface area contributed by atoms with Crippen molar-refractivity contribution < 1.29 is 78.2 Å². The molecule has 0 unspecified atom stereocenters. The van der Waals surface area contributed by atoms with Crippen molar-refractivity contribution in [3.8, 4) is 0 Å². The van der Waals surface area contributed by atoms with Gasteiger partial charge in [0.25, 0.3) is 0 Å². The van der Waals surface area contributed by atoms with E-state index in [1.807, 2.05) is 0 Å². The third-order valence-corrected chi connectivity index (χ3v) is 0. The van der Waals surface area contributed by atoms with Gasteiger partial charge in [0.15, 0.2) is 0 Å². The van der Waals surface area contributed by atoms with E-state index >= 15 is 0 Å². The molecule has 0 aliphatic carbocycles. The summed E-state index contributed by atoms with van der Waals surface area (Å²) in [6.07, 6.45) is 0. The van der Waals surface area contributed by atoms with E-state index < -0.39 is 10.4 Å². The molecule has 4 nitrogen and oxygen atoms in total. The normalized spacial score (nSPS) is 8.29. The van der Waals surface area contributed by atoms with Gasteiger partial charge in [0.2, 0.25) is 0 Å². The molecule has 0 aliphatic heterocycles. The van der Waals surface area contributed by atoms with Crippen LogP contribution in [0.5, 0.6) is 0 Å². The Hall–Kier alpha value is 1.92. The molecular weight excluding hydrogens is 357 g/mol. The van der Waals surface area contributed by atoms with Crippen LogP contribution in [0.3, 0.4) is 0 Å². The van der Waals surface area contributed by atoms with Gasteiger partial charge < -0.3 is 9.11 Å². The smallest absolute Gasteiger partial charge is 0.759 e. The first-order valence-electron chi connectivity index (χ1n) is 0.667. The molecule has 0 aromatic carbocycles. The molecule has 0 aromatic heterocycles. The number of hydrogen-bond acceptors (Lipinski definition) is 4. The predicted octanol–water partition coefficient (Wildman–Crippen LogP) is -4.33. The molecule has 0 saturated heterocycles. The van der Waals surface area contributed by atoms with E-state index in [1.165, 1.54) is 0 Å². The van der Waals surface area contributed by atoms with Gasteiger partial charge in [0.05, 0.1) is 0 Å². The molecule has 0 atom stereocenters. The van der Waals surface area contributed by atoms with E-state index in [9.17, 15) is 0 Å². The molecule has 0 N–H and O–H groups in total. The van der Waals surface area contributed by atoms with Crippen LogP contribution in [0.25, 0.3) is 0 Å². The second kappa shape index (κ2) is 6.05. The Balaban J connectivity index is -0.0000000800. The van der Waals surface area contributed by atoms with E-state index in [0.717, 1.165) is 0 Å². The molecule has 0 fully saturated rings. The van der Waals surface area contributed by atoms with Crippen LogP contribution in [0.15, 0.2) is 0 Å². The summed E-state index contributed by atoms with van der Waals surface area (Å²) in [5.74, 6) is 0. The Labute approximate surface area is 87.3 Å². The zero-order valence-electron chi connectivity index (χ0n) is 3.54. The maximum atomic E-state index is 8.52. The molecule has 36 valence electrons. The molecule has 0 aromatic rings. The molecule has 0 aliphatic rings. The van der Waals surface area contributed by atoms with Crippen LogP contribution in [-0.4, -0.2) is 17.5 Å². The summed E-state index contributed by atoms with van der Waals surface area (Å²) in [5, 5.41) is 0. The Bertz CT molecular complexity index is 94.9. The second-order valence-electron chi connectivity index (χ2n) is 0.408. The Morgan fingerprint density at radius 1 is 1.14 bits per heavy atom. The Kier molecular flexibility index (Phi) is 13.8. The molecule has 7 heteroatoms. The Morgan fingerprint density at radius 3 is 1.14 bits per heavy atom. The largest absolute Gasteiger partial charge is 1.00 e. The molecule has 0 spiro atoms. The van der Waals surface area contributed by atoms with E-state index in [-0.39, 0.29) is 60.7 Å². The third kappa shape index (κ3) is 75.2. The van der Waals surface area contributed by atoms with Crippen molar-refractivity contribution in [1.29, 1.82) is 0 Å². The van der Waals surface area contributed by atoms with Gasteiger partial charge in [0, 0.05) is 41.5 Å². The van der Waals surface area contributed by atoms with Crippen LogP contribution in [0.2, 0.25) is 0 Å². The van der Waals surface area contributed by atoms with Gasteiger partial charge in [-0.2, -0.15) is 0 Å². The average Bonchev–Trinajstić information content (AvgIpc) is 0.722. The molecule has 0 bridgehead atoms. The minimum absolute atomic E-state index is 0. The van der Waals surface area contributed by atoms with E-state index in [1.54, 1.807) is 0 Å². The number of hydrogen-bond donors (Lipinski definition) is 0. The molecule has 0 saturated carbocycles. The van der Waals surface area contributed by atoms with Gasteiger partial charge >= 0.3 is 29.6 Å². The molecule has 0 radical (unpaired) electrons. The molecule has 7 heavy (non-hydrogen) atoms. The van der Waals surface area contributed by atoms with Crippen LogP contribution >= 0.6 is 0 Å². The number of rotatable bonds is 0. The van der Waals surface area contributed by atoms with Crippen LogP contribution in [0.4, 0.5) is 0 Å². The quantitative estimate of drug-likeness (QED) is 0.250.